The van der Waals surface area contributed by atoms with E-state index < -0.39 is 0 Å². The Hall–Kier alpha value is -1.30. The number of rotatable bonds is 5. The van der Waals surface area contributed by atoms with Gasteiger partial charge in [0.25, 0.3) is 0 Å². The molecule has 1 fully saturated rings. The second-order valence-corrected chi connectivity index (χ2v) is 5.63. The summed E-state index contributed by atoms with van der Waals surface area (Å²) >= 11 is 5.85. The van der Waals surface area contributed by atoms with E-state index in [0.717, 1.165) is 12.8 Å². The third-order valence-corrected chi connectivity index (χ3v) is 3.85. The van der Waals surface area contributed by atoms with Gasteiger partial charge in [0.05, 0.1) is 6.10 Å². The second-order valence-electron chi connectivity index (χ2n) is 5.20. The molecule has 1 saturated heterocycles. The Balaban J connectivity index is 1.66. The Labute approximate surface area is 129 Å². The first-order valence-corrected chi connectivity index (χ1v) is 7.59. The van der Waals surface area contributed by atoms with Gasteiger partial charge in [-0.2, -0.15) is 0 Å². The molecule has 116 valence electrons. The van der Waals surface area contributed by atoms with E-state index in [9.17, 15) is 9.90 Å². The quantitative estimate of drug-likeness (QED) is 0.783. The minimum absolute atomic E-state index is 0.275. The van der Waals surface area contributed by atoms with Crippen molar-refractivity contribution < 1.29 is 14.6 Å². The van der Waals surface area contributed by atoms with E-state index >= 15 is 0 Å². The first kappa shape index (κ1) is 16.1. The van der Waals surface area contributed by atoms with Crippen LogP contribution < -0.4 is 10.6 Å². The lowest BCUT2D eigenvalue weighted by atomic mass is 9.92. The van der Waals surface area contributed by atoms with Gasteiger partial charge in [-0.1, -0.05) is 17.7 Å². The highest BCUT2D eigenvalue weighted by atomic mass is 35.5. The summed E-state index contributed by atoms with van der Waals surface area (Å²) < 4.78 is 5.27. The first-order valence-electron chi connectivity index (χ1n) is 7.21. The minimum Gasteiger partial charge on any atom is -0.393 e. The standard InChI is InChI=1S/C15H21ClN2O3/c16-12-2-1-3-13(10-12)18-15(20)17-7-4-14(19)11-5-8-21-9-6-11/h1-3,10-11,14,19H,4-9H2,(H2,17,18,20). The Morgan fingerprint density at radius 2 is 2.19 bits per heavy atom. The van der Waals surface area contributed by atoms with Crippen LogP contribution in [0.2, 0.25) is 5.02 Å². The number of aliphatic hydroxyl groups excluding tert-OH is 1. The monoisotopic (exact) mass is 312 g/mol. The summed E-state index contributed by atoms with van der Waals surface area (Å²) in [7, 11) is 0. The molecule has 1 aliphatic rings. The Bertz CT molecular complexity index is 464. The highest BCUT2D eigenvalue weighted by molar-refractivity contribution is 6.30. The Morgan fingerprint density at radius 3 is 2.90 bits per heavy atom. The zero-order valence-corrected chi connectivity index (χ0v) is 12.6. The third kappa shape index (κ3) is 5.53. The van der Waals surface area contributed by atoms with E-state index in [-0.39, 0.29) is 18.1 Å². The van der Waals surface area contributed by atoms with Gasteiger partial charge in [-0.3, -0.25) is 0 Å². The van der Waals surface area contributed by atoms with Gasteiger partial charge in [0, 0.05) is 30.5 Å². The molecule has 1 atom stereocenters. The number of anilines is 1. The van der Waals surface area contributed by atoms with Crippen molar-refractivity contribution in [2.75, 3.05) is 25.1 Å². The SMILES string of the molecule is O=C(NCCC(O)C1CCOCC1)Nc1cccc(Cl)c1. The Morgan fingerprint density at radius 1 is 1.43 bits per heavy atom. The molecule has 6 heteroatoms. The zero-order valence-electron chi connectivity index (χ0n) is 11.8. The summed E-state index contributed by atoms with van der Waals surface area (Å²) in [5.41, 5.74) is 0.643. The van der Waals surface area contributed by atoms with Crippen LogP contribution in [0.5, 0.6) is 0 Å². The summed E-state index contributed by atoms with van der Waals surface area (Å²) in [4.78, 5) is 11.7. The largest absolute Gasteiger partial charge is 0.393 e. The molecular formula is C15H21ClN2O3. The number of halogens is 1. The summed E-state index contributed by atoms with van der Waals surface area (Å²) in [6, 6.07) is 6.67. The van der Waals surface area contributed by atoms with E-state index in [1.54, 1.807) is 24.3 Å². The lowest BCUT2D eigenvalue weighted by molar-refractivity contribution is 0.00549. The molecule has 21 heavy (non-hydrogen) atoms. The topological polar surface area (TPSA) is 70.6 Å². The number of ether oxygens (including phenoxy) is 1. The summed E-state index contributed by atoms with van der Waals surface area (Å²) in [6.07, 6.45) is 1.93. The van der Waals surface area contributed by atoms with Crippen molar-refractivity contribution in [3.8, 4) is 0 Å². The molecule has 1 aromatic rings. The van der Waals surface area contributed by atoms with Gasteiger partial charge in [0.2, 0.25) is 0 Å². The molecule has 0 aliphatic carbocycles. The molecule has 3 N–H and O–H groups in total. The van der Waals surface area contributed by atoms with Crippen molar-refractivity contribution in [2.24, 2.45) is 5.92 Å². The lowest BCUT2D eigenvalue weighted by Crippen LogP contribution is -2.34. The van der Waals surface area contributed by atoms with E-state index in [1.165, 1.54) is 0 Å². The van der Waals surface area contributed by atoms with E-state index in [0.29, 0.717) is 36.9 Å². The molecule has 0 spiro atoms. The van der Waals surface area contributed by atoms with E-state index in [2.05, 4.69) is 10.6 Å². The minimum atomic E-state index is -0.389. The van der Waals surface area contributed by atoms with Gasteiger partial charge < -0.3 is 20.5 Å². The molecule has 1 aromatic carbocycles. The molecule has 0 aromatic heterocycles. The molecule has 1 aliphatic heterocycles. The molecule has 0 saturated carbocycles. The van der Waals surface area contributed by atoms with Crippen LogP contribution >= 0.6 is 11.6 Å². The molecule has 0 radical (unpaired) electrons. The number of amides is 2. The Kier molecular flexibility index (Phi) is 6.29. The van der Waals surface area contributed by atoms with E-state index in [1.807, 2.05) is 0 Å². The molecule has 1 unspecified atom stereocenters. The number of benzene rings is 1. The van der Waals surface area contributed by atoms with Gasteiger partial charge in [-0.25, -0.2) is 4.79 Å². The zero-order chi connectivity index (χ0) is 15.1. The van der Waals surface area contributed by atoms with Crippen molar-refractivity contribution in [1.82, 2.24) is 5.32 Å². The maximum absolute atomic E-state index is 11.7. The van der Waals surface area contributed by atoms with Crippen LogP contribution in [0.1, 0.15) is 19.3 Å². The van der Waals surface area contributed by atoms with E-state index in [4.69, 9.17) is 16.3 Å². The smallest absolute Gasteiger partial charge is 0.319 e. The van der Waals surface area contributed by atoms with Crippen molar-refractivity contribution in [3.63, 3.8) is 0 Å². The fraction of sp³-hybridized carbons (Fsp3) is 0.533. The maximum atomic E-state index is 11.7. The number of nitrogens with one attached hydrogen (secondary N) is 2. The summed E-state index contributed by atoms with van der Waals surface area (Å²) in [6.45, 7) is 1.86. The molecule has 5 nitrogen and oxygen atoms in total. The van der Waals surface area contributed by atoms with Crippen LogP contribution in [-0.2, 0) is 4.74 Å². The first-order chi connectivity index (χ1) is 10.1. The summed E-state index contributed by atoms with van der Waals surface area (Å²) in [5, 5.41) is 16.1. The normalized spacial score (nSPS) is 17.2. The highest BCUT2D eigenvalue weighted by Crippen LogP contribution is 2.20. The maximum Gasteiger partial charge on any atom is 0.319 e. The fourth-order valence-corrected chi connectivity index (χ4v) is 2.60. The van der Waals surface area contributed by atoms with Gasteiger partial charge in [-0.15, -0.1) is 0 Å². The fourth-order valence-electron chi connectivity index (χ4n) is 2.41. The number of hydrogen-bond acceptors (Lipinski definition) is 3. The predicted molar refractivity (Wildman–Crippen MR) is 82.6 cm³/mol. The van der Waals surface area contributed by atoms with Gasteiger partial charge in [-0.05, 0) is 43.4 Å². The number of hydrogen-bond donors (Lipinski definition) is 3. The van der Waals surface area contributed by atoms with Crippen LogP contribution in [-0.4, -0.2) is 37.0 Å². The van der Waals surface area contributed by atoms with Crippen LogP contribution in [0.15, 0.2) is 24.3 Å². The average molecular weight is 313 g/mol. The van der Waals surface area contributed by atoms with Crippen molar-refractivity contribution >= 4 is 23.3 Å². The average Bonchev–Trinajstić information content (AvgIpc) is 2.48. The van der Waals surface area contributed by atoms with Crippen molar-refractivity contribution in [3.05, 3.63) is 29.3 Å². The lowest BCUT2D eigenvalue weighted by Gasteiger charge is -2.26. The predicted octanol–water partition coefficient (Wildman–Crippen LogP) is 2.64. The van der Waals surface area contributed by atoms with Gasteiger partial charge in [0.15, 0.2) is 0 Å². The second kappa shape index (κ2) is 8.22. The van der Waals surface area contributed by atoms with Crippen molar-refractivity contribution in [2.45, 2.75) is 25.4 Å². The molecule has 2 rings (SSSR count). The number of urea groups is 1. The van der Waals surface area contributed by atoms with Crippen LogP contribution in [0.4, 0.5) is 10.5 Å². The molecule has 2 amide bonds. The highest BCUT2D eigenvalue weighted by Gasteiger charge is 2.21. The van der Waals surface area contributed by atoms with Gasteiger partial charge in [0.1, 0.15) is 0 Å². The third-order valence-electron chi connectivity index (χ3n) is 3.62. The molecule has 1 heterocycles. The van der Waals surface area contributed by atoms with Crippen LogP contribution in [0.25, 0.3) is 0 Å². The number of aliphatic hydroxyl groups is 1. The van der Waals surface area contributed by atoms with Crippen LogP contribution in [0, 0.1) is 5.92 Å². The summed E-state index contributed by atoms with van der Waals surface area (Å²) in [5.74, 6) is 0.275. The molecule has 0 bridgehead atoms. The van der Waals surface area contributed by atoms with Crippen molar-refractivity contribution in [1.29, 1.82) is 0 Å². The number of carbonyl (C=O) groups is 1. The number of carbonyl (C=O) groups excluding carboxylic acids is 1. The molecular weight excluding hydrogens is 292 g/mol. The van der Waals surface area contributed by atoms with Crippen LogP contribution in [0.3, 0.4) is 0 Å². The van der Waals surface area contributed by atoms with Gasteiger partial charge >= 0.3 is 6.03 Å².